The largest absolute Gasteiger partial charge is 0.391 e. The minimum absolute atomic E-state index is 0. The van der Waals surface area contributed by atoms with Gasteiger partial charge in [-0.05, 0) is 5.56 Å². The number of halogens is 4. The molecule has 0 aliphatic rings. The molecule has 20 heavy (non-hydrogen) atoms. The first-order valence-corrected chi connectivity index (χ1v) is 5.95. The molecule has 0 aliphatic heterocycles. The zero-order chi connectivity index (χ0) is 14.5. The van der Waals surface area contributed by atoms with Crippen LogP contribution in [0.15, 0.2) is 30.3 Å². The lowest BCUT2D eigenvalue weighted by atomic mass is 10.0. The molecule has 0 bridgehead atoms. The third-order valence-electron chi connectivity index (χ3n) is 2.76. The van der Waals surface area contributed by atoms with Gasteiger partial charge in [-0.15, -0.1) is 12.4 Å². The molecule has 3 N–H and O–H groups in total. The van der Waals surface area contributed by atoms with Gasteiger partial charge >= 0.3 is 6.18 Å². The molecule has 1 aromatic carbocycles. The molecule has 0 heterocycles. The maximum Gasteiger partial charge on any atom is 0.391 e. The van der Waals surface area contributed by atoms with Gasteiger partial charge in [0.1, 0.15) is 0 Å². The van der Waals surface area contributed by atoms with E-state index in [0.717, 1.165) is 0 Å². The molecule has 0 saturated heterocycles. The second-order valence-electron chi connectivity index (χ2n) is 4.43. The quantitative estimate of drug-likeness (QED) is 0.878. The van der Waals surface area contributed by atoms with Crippen molar-refractivity contribution in [3.63, 3.8) is 0 Å². The first kappa shape index (κ1) is 18.7. The van der Waals surface area contributed by atoms with Crippen LogP contribution in [0, 0.1) is 5.92 Å². The van der Waals surface area contributed by atoms with Gasteiger partial charge in [0.2, 0.25) is 5.91 Å². The fraction of sp³-hybridized carbons (Fsp3) is 0.462. The summed E-state index contributed by atoms with van der Waals surface area (Å²) in [5, 5.41) is 2.40. The Morgan fingerprint density at radius 2 is 1.85 bits per heavy atom. The number of rotatable bonds is 5. The molecule has 2 atom stereocenters. The summed E-state index contributed by atoms with van der Waals surface area (Å²) in [6.45, 7) is 1.67. The standard InChI is InChI=1S/C13H17F3N2O.ClH/c1-9(8-17)12(19)18-11(7-13(14,15)16)10-5-3-2-4-6-10;/h2-6,9,11H,7-8,17H2,1H3,(H,18,19);1H. The number of amides is 1. The molecule has 0 aromatic heterocycles. The smallest absolute Gasteiger partial charge is 0.349 e. The molecule has 1 aromatic rings. The Labute approximate surface area is 122 Å². The van der Waals surface area contributed by atoms with Crippen LogP contribution in [-0.4, -0.2) is 18.6 Å². The fourth-order valence-electron chi connectivity index (χ4n) is 1.59. The molecule has 2 unspecified atom stereocenters. The van der Waals surface area contributed by atoms with E-state index in [9.17, 15) is 18.0 Å². The molecule has 1 rings (SSSR count). The van der Waals surface area contributed by atoms with Gasteiger partial charge < -0.3 is 11.1 Å². The van der Waals surface area contributed by atoms with Crippen molar-refractivity contribution in [3.8, 4) is 0 Å². The highest BCUT2D eigenvalue weighted by molar-refractivity contribution is 5.85. The minimum Gasteiger partial charge on any atom is -0.349 e. The van der Waals surface area contributed by atoms with Gasteiger partial charge in [-0.1, -0.05) is 37.3 Å². The Bertz CT molecular complexity index is 412. The third-order valence-corrected chi connectivity index (χ3v) is 2.76. The lowest BCUT2D eigenvalue weighted by molar-refractivity contribution is -0.143. The molecule has 3 nitrogen and oxygen atoms in total. The molecular weight excluding hydrogens is 293 g/mol. The van der Waals surface area contributed by atoms with Gasteiger partial charge in [-0.2, -0.15) is 13.2 Å². The molecule has 7 heteroatoms. The van der Waals surface area contributed by atoms with Crippen molar-refractivity contribution in [2.45, 2.75) is 25.6 Å². The second-order valence-corrected chi connectivity index (χ2v) is 4.43. The molecule has 0 fully saturated rings. The van der Waals surface area contributed by atoms with Gasteiger partial charge in [0.05, 0.1) is 12.5 Å². The highest BCUT2D eigenvalue weighted by Gasteiger charge is 2.33. The van der Waals surface area contributed by atoms with E-state index in [4.69, 9.17) is 5.73 Å². The van der Waals surface area contributed by atoms with Crippen LogP contribution in [0.4, 0.5) is 13.2 Å². The predicted molar refractivity (Wildman–Crippen MR) is 73.5 cm³/mol. The third kappa shape index (κ3) is 6.25. The maximum atomic E-state index is 12.5. The molecule has 0 saturated carbocycles. The normalized spacial score (nSPS) is 14.1. The van der Waals surface area contributed by atoms with Crippen molar-refractivity contribution in [2.75, 3.05) is 6.54 Å². The number of hydrogen-bond donors (Lipinski definition) is 2. The molecule has 114 valence electrons. The van der Waals surface area contributed by atoms with Crippen LogP contribution in [0.25, 0.3) is 0 Å². The Morgan fingerprint density at radius 1 is 1.30 bits per heavy atom. The zero-order valence-electron chi connectivity index (χ0n) is 11.0. The van der Waals surface area contributed by atoms with Crippen molar-refractivity contribution in [2.24, 2.45) is 11.7 Å². The van der Waals surface area contributed by atoms with E-state index in [2.05, 4.69) is 5.32 Å². The Balaban J connectivity index is 0.00000361. The number of nitrogens with one attached hydrogen (secondary N) is 1. The van der Waals surface area contributed by atoms with Crippen molar-refractivity contribution >= 4 is 18.3 Å². The van der Waals surface area contributed by atoms with Gasteiger partial charge in [0.15, 0.2) is 0 Å². The molecule has 0 radical (unpaired) electrons. The first-order chi connectivity index (χ1) is 8.83. The van der Waals surface area contributed by atoms with Crippen LogP contribution >= 0.6 is 12.4 Å². The SMILES string of the molecule is CC(CN)C(=O)NC(CC(F)(F)F)c1ccccc1.Cl. The summed E-state index contributed by atoms with van der Waals surface area (Å²) in [5.74, 6) is -0.986. The zero-order valence-corrected chi connectivity index (χ0v) is 11.8. The summed E-state index contributed by atoms with van der Waals surface area (Å²) in [4.78, 5) is 11.7. The van der Waals surface area contributed by atoms with Crippen molar-refractivity contribution in [1.82, 2.24) is 5.32 Å². The number of benzene rings is 1. The first-order valence-electron chi connectivity index (χ1n) is 5.95. The monoisotopic (exact) mass is 310 g/mol. The van der Waals surface area contributed by atoms with Gasteiger partial charge in [-0.25, -0.2) is 0 Å². The van der Waals surface area contributed by atoms with Crippen LogP contribution in [0.3, 0.4) is 0 Å². The summed E-state index contributed by atoms with van der Waals surface area (Å²) in [5.41, 5.74) is 5.76. The van der Waals surface area contributed by atoms with Crippen molar-refractivity contribution < 1.29 is 18.0 Å². The maximum absolute atomic E-state index is 12.5. The molecular formula is C13H18ClF3N2O. The summed E-state index contributed by atoms with van der Waals surface area (Å²) < 4.78 is 37.6. The van der Waals surface area contributed by atoms with Gasteiger partial charge in [0, 0.05) is 12.5 Å². The summed E-state index contributed by atoms with van der Waals surface area (Å²) in [6, 6.07) is 7.02. The minimum atomic E-state index is -4.35. The van der Waals surface area contributed by atoms with Crippen LogP contribution in [-0.2, 0) is 4.79 Å². The Morgan fingerprint density at radius 3 is 2.30 bits per heavy atom. The van der Waals surface area contributed by atoms with E-state index < -0.39 is 30.5 Å². The van der Waals surface area contributed by atoms with E-state index in [1.54, 1.807) is 37.3 Å². The number of carbonyl (C=O) groups is 1. The molecule has 1 amide bonds. The van der Waals surface area contributed by atoms with E-state index in [1.165, 1.54) is 0 Å². The Hall–Kier alpha value is -1.27. The van der Waals surface area contributed by atoms with E-state index >= 15 is 0 Å². The highest BCUT2D eigenvalue weighted by Crippen LogP contribution is 2.29. The average Bonchev–Trinajstić information content (AvgIpc) is 2.36. The predicted octanol–water partition coefficient (Wildman–Crippen LogP) is 2.81. The molecule has 0 spiro atoms. The topological polar surface area (TPSA) is 55.1 Å². The lowest BCUT2D eigenvalue weighted by Crippen LogP contribution is -2.37. The molecule has 0 aliphatic carbocycles. The number of alkyl halides is 3. The Kier molecular flexibility index (Phi) is 7.60. The van der Waals surface area contributed by atoms with Crippen LogP contribution in [0.2, 0.25) is 0 Å². The lowest BCUT2D eigenvalue weighted by Gasteiger charge is -2.22. The van der Waals surface area contributed by atoms with Crippen LogP contribution < -0.4 is 11.1 Å². The summed E-state index contributed by atoms with van der Waals surface area (Å²) in [7, 11) is 0. The second kappa shape index (κ2) is 8.11. The number of hydrogen-bond acceptors (Lipinski definition) is 2. The van der Waals surface area contributed by atoms with E-state index in [-0.39, 0.29) is 19.0 Å². The average molecular weight is 311 g/mol. The summed E-state index contributed by atoms with van der Waals surface area (Å²) >= 11 is 0. The van der Waals surface area contributed by atoms with Crippen molar-refractivity contribution in [1.29, 1.82) is 0 Å². The highest BCUT2D eigenvalue weighted by atomic mass is 35.5. The number of nitrogens with two attached hydrogens (primary N) is 1. The van der Waals surface area contributed by atoms with E-state index in [0.29, 0.717) is 5.56 Å². The van der Waals surface area contributed by atoms with Crippen LogP contribution in [0.1, 0.15) is 24.9 Å². The van der Waals surface area contributed by atoms with Crippen LogP contribution in [0.5, 0.6) is 0 Å². The van der Waals surface area contributed by atoms with E-state index in [1.807, 2.05) is 0 Å². The fourth-order valence-corrected chi connectivity index (χ4v) is 1.59. The number of carbonyl (C=O) groups excluding carboxylic acids is 1. The van der Waals surface area contributed by atoms with Gasteiger partial charge in [-0.3, -0.25) is 4.79 Å². The summed E-state index contributed by atoms with van der Waals surface area (Å²) in [6.07, 6.45) is -5.44. The van der Waals surface area contributed by atoms with Gasteiger partial charge in [0.25, 0.3) is 0 Å². The van der Waals surface area contributed by atoms with Crippen molar-refractivity contribution in [3.05, 3.63) is 35.9 Å².